The molecular formula is C23H20N2OS2. The Balaban J connectivity index is 1.85. The van der Waals surface area contributed by atoms with Gasteiger partial charge in [-0.1, -0.05) is 66.7 Å². The van der Waals surface area contributed by atoms with E-state index >= 15 is 0 Å². The van der Waals surface area contributed by atoms with E-state index in [0.29, 0.717) is 11.3 Å². The molecule has 3 nitrogen and oxygen atoms in total. The monoisotopic (exact) mass is 404 g/mol. The zero-order valence-corrected chi connectivity index (χ0v) is 16.9. The molecule has 0 aliphatic heterocycles. The second-order valence-electron chi connectivity index (χ2n) is 6.02. The predicted octanol–water partition coefficient (Wildman–Crippen LogP) is 5.72. The van der Waals surface area contributed by atoms with E-state index in [0.717, 1.165) is 15.7 Å². The van der Waals surface area contributed by atoms with Gasteiger partial charge in [0.1, 0.15) is 6.10 Å². The maximum Gasteiger partial charge on any atom is 0.132 e. The molecule has 140 valence electrons. The molecule has 1 N–H and O–H groups in total. The van der Waals surface area contributed by atoms with Crippen LogP contribution in [-0.4, -0.2) is 10.1 Å². The van der Waals surface area contributed by atoms with Crippen LogP contribution >= 0.6 is 23.5 Å². The van der Waals surface area contributed by atoms with Crippen molar-refractivity contribution in [1.82, 2.24) is 4.98 Å². The third-order valence-electron chi connectivity index (χ3n) is 4.01. The smallest absolute Gasteiger partial charge is 0.132 e. The molecule has 1 unspecified atom stereocenters. The highest BCUT2D eigenvalue weighted by atomic mass is 32.2. The molecule has 1 heterocycles. The summed E-state index contributed by atoms with van der Waals surface area (Å²) >= 11 is 3.16. The molecule has 0 radical (unpaired) electrons. The molecule has 0 aliphatic rings. The highest BCUT2D eigenvalue weighted by Crippen LogP contribution is 2.39. The van der Waals surface area contributed by atoms with Gasteiger partial charge >= 0.3 is 0 Å². The first-order valence-electron chi connectivity index (χ1n) is 8.84. The van der Waals surface area contributed by atoms with Crippen molar-refractivity contribution < 1.29 is 5.11 Å². The molecule has 2 aromatic carbocycles. The minimum absolute atomic E-state index is 0.348. The number of pyridine rings is 1. The van der Waals surface area contributed by atoms with Crippen LogP contribution in [0.3, 0.4) is 0 Å². The van der Waals surface area contributed by atoms with Crippen LogP contribution in [0.5, 0.6) is 0 Å². The van der Waals surface area contributed by atoms with Gasteiger partial charge in [0.05, 0.1) is 21.6 Å². The van der Waals surface area contributed by atoms with E-state index in [-0.39, 0.29) is 0 Å². The molecule has 1 atom stereocenters. The Hall–Kier alpha value is -2.52. The number of rotatable bonds is 8. The molecule has 0 fully saturated rings. The Morgan fingerprint density at radius 1 is 0.857 bits per heavy atom. The average molecular weight is 405 g/mol. The molecule has 3 aromatic rings. The van der Waals surface area contributed by atoms with Crippen LogP contribution in [0.4, 0.5) is 0 Å². The van der Waals surface area contributed by atoms with Gasteiger partial charge in [0, 0.05) is 17.7 Å². The fourth-order valence-corrected chi connectivity index (χ4v) is 4.84. The zero-order valence-electron chi connectivity index (χ0n) is 15.2. The second-order valence-corrected chi connectivity index (χ2v) is 8.25. The number of benzene rings is 2. The molecule has 0 bridgehead atoms. The van der Waals surface area contributed by atoms with E-state index in [2.05, 4.69) is 35.3 Å². The summed E-state index contributed by atoms with van der Waals surface area (Å²) in [6, 6.07) is 27.8. The number of thioether (sulfide) groups is 2. The van der Waals surface area contributed by atoms with Crippen molar-refractivity contribution in [3.05, 3.63) is 112 Å². The first-order chi connectivity index (χ1) is 13.8. The van der Waals surface area contributed by atoms with Gasteiger partial charge in [0.25, 0.3) is 0 Å². The van der Waals surface area contributed by atoms with Crippen LogP contribution in [0.15, 0.2) is 94.9 Å². The number of aromatic nitrogens is 1. The van der Waals surface area contributed by atoms with Crippen LogP contribution < -0.4 is 0 Å². The lowest BCUT2D eigenvalue weighted by Gasteiger charge is -2.15. The summed E-state index contributed by atoms with van der Waals surface area (Å²) in [5, 5.41) is 20.6. The number of nitrogens with zero attached hydrogens (tertiary/aromatic N) is 2. The van der Waals surface area contributed by atoms with E-state index in [9.17, 15) is 10.4 Å². The van der Waals surface area contributed by atoms with Crippen molar-refractivity contribution in [2.45, 2.75) is 17.6 Å². The molecule has 3 rings (SSSR count). The van der Waals surface area contributed by atoms with Crippen molar-refractivity contribution in [2.24, 2.45) is 0 Å². The Morgan fingerprint density at radius 3 is 1.86 bits per heavy atom. The summed E-state index contributed by atoms with van der Waals surface area (Å²) in [6.45, 7) is 0. The lowest BCUT2D eigenvalue weighted by Crippen LogP contribution is -2.04. The SMILES string of the molecule is N#CC(=C(SCc1ccccc1)SCc1ccccc1)C(O)c1ccccn1. The van der Waals surface area contributed by atoms with E-state index in [1.807, 2.05) is 42.5 Å². The van der Waals surface area contributed by atoms with Crippen molar-refractivity contribution in [3.63, 3.8) is 0 Å². The summed E-state index contributed by atoms with van der Waals surface area (Å²) in [6.07, 6.45) is 0.592. The Morgan fingerprint density at radius 2 is 1.39 bits per heavy atom. The van der Waals surface area contributed by atoms with Crippen molar-refractivity contribution in [1.29, 1.82) is 5.26 Å². The molecule has 0 saturated heterocycles. The highest BCUT2D eigenvalue weighted by Gasteiger charge is 2.20. The molecule has 0 saturated carbocycles. The first-order valence-corrected chi connectivity index (χ1v) is 10.8. The zero-order chi connectivity index (χ0) is 19.6. The highest BCUT2D eigenvalue weighted by molar-refractivity contribution is 8.21. The van der Waals surface area contributed by atoms with Crippen LogP contribution in [0, 0.1) is 11.3 Å². The lowest BCUT2D eigenvalue weighted by molar-refractivity contribution is 0.215. The molecule has 0 spiro atoms. The molecule has 28 heavy (non-hydrogen) atoms. The fraction of sp³-hybridized carbons (Fsp3) is 0.130. The van der Waals surface area contributed by atoms with E-state index in [1.165, 1.54) is 11.1 Å². The van der Waals surface area contributed by atoms with Gasteiger partial charge in [-0.25, -0.2) is 0 Å². The Bertz CT molecular complexity index is 893. The number of hydrogen-bond donors (Lipinski definition) is 1. The van der Waals surface area contributed by atoms with E-state index in [4.69, 9.17) is 0 Å². The first kappa shape index (κ1) is 20.2. The maximum absolute atomic E-state index is 10.8. The lowest BCUT2D eigenvalue weighted by atomic mass is 10.1. The minimum atomic E-state index is -1.03. The maximum atomic E-state index is 10.8. The topological polar surface area (TPSA) is 56.9 Å². The molecule has 5 heteroatoms. The summed E-state index contributed by atoms with van der Waals surface area (Å²) in [7, 11) is 0. The summed E-state index contributed by atoms with van der Waals surface area (Å²) in [4.78, 5) is 4.21. The summed E-state index contributed by atoms with van der Waals surface area (Å²) < 4.78 is 0.827. The molecule has 1 aromatic heterocycles. The van der Waals surface area contributed by atoms with Gasteiger partial charge in [-0.2, -0.15) is 5.26 Å². The van der Waals surface area contributed by atoms with Gasteiger partial charge in [0.15, 0.2) is 0 Å². The second kappa shape index (κ2) is 10.7. The third kappa shape index (κ3) is 5.74. The van der Waals surface area contributed by atoms with E-state index in [1.54, 1.807) is 41.9 Å². The Labute approximate surface area is 174 Å². The standard InChI is InChI=1S/C23H20N2OS2/c24-15-20(22(26)21-13-7-8-14-25-21)23(27-16-18-9-3-1-4-10-18)28-17-19-11-5-2-6-12-19/h1-14,22,26H,16-17H2. The summed E-state index contributed by atoms with van der Waals surface area (Å²) in [5.74, 6) is 1.47. The Kier molecular flexibility index (Phi) is 7.74. The van der Waals surface area contributed by atoms with Crippen molar-refractivity contribution >= 4 is 23.5 Å². The average Bonchev–Trinajstić information content (AvgIpc) is 2.77. The van der Waals surface area contributed by atoms with Gasteiger partial charge in [-0.15, -0.1) is 23.5 Å². The normalized spacial score (nSPS) is 11.4. The number of aliphatic hydroxyl groups is 1. The number of aliphatic hydroxyl groups excluding tert-OH is 1. The fourth-order valence-electron chi connectivity index (χ4n) is 2.55. The number of nitriles is 1. The van der Waals surface area contributed by atoms with Gasteiger partial charge in [-0.3, -0.25) is 4.98 Å². The van der Waals surface area contributed by atoms with Crippen LogP contribution in [-0.2, 0) is 11.5 Å². The van der Waals surface area contributed by atoms with Gasteiger partial charge in [0.2, 0.25) is 0 Å². The van der Waals surface area contributed by atoms with Gasteiger partial charge < -0.3 is 5.11 Å². The molecular weight excluding hydrogens is 384 g/mol. The number of hydrogen-bond acceptors (Lipinski definition) is 5. The molecule has 0 aliphatic carbocycles. The summed E-state index contributed by atoms with van der Waals surface area (Å²) in [5.41, 5.74) is 3.18. The van der Waals surface area contributed by atoms with E-state index < -0.39 is 6.10 Å². The quantitative estimate of drug-likeness (QED) is 0.487. The molecule has 0 amide bonds. The van der Waals surface area contributed by atoms with Crippen molar-refractivity contribution in [2.75, 3.05) is 0 Å². The van der Waals surface area contributed by atoms with Crippen LogP contribution in [0.25, 0.3) is 0 Å². The third-order valence-corrected chi connectivity index (χ3v) is 6.63. The largest absolute Gasteiger partial charge is 0.381 e. The van der Waals surface area contributed by atoms with Crippen LogP contribution in [0.1, 0.15) is 22.9 Å². The van der Waals surface area contributed by atoms with Crippen molar-refractivity contribution in [3.8, 4) is 6.07 Å². The van der Waals surface area contributed by atoms with Gasteiger partial charge in [-0.05, 0) is 23.3 Å². The minimum Gasteiger partial charge on any atom is -0.381 e. The van der Waals surface area contributed by atoms with Crippen LogP contribution in [0.2, 0.25) is 0 Å². The predicted molar refractivity (Wildman–Crippen MR) is 117 cm³/mol.